The predicted octanol–water partition coefficient (Wildman–Crippen LogP) is 2.39. The van der Waals surface area contributed by atoms with Crippen molar-refractivity contribution in [2.45, 2.75) is 25.8 Å². The number of halogens is 2. The maximum absolute atomic E-state index is 14.1. The number of aryl methyl sites for hydroxylation is 1. The van der Waals surface area contributed by atoms with Gasteiger partial charge in [0.25, 0.3) is 5.56 Å². The minimum absolute atomic E-state index is 0.0336. The number of aromatic nitrogens is 2. The minimum Gasteiger partial charge on any atom is -0.269 e. The molecule has 20 heavy (non-hydrogen) atoms. The fraction of sp³-hybridized carbons (Fsp3) is 0.286. The summed E-state index contributed by atoms with van der Waals surface area (Å²) in [5.74, 6) is -0.469. The van der Waals surface area contributed by atoms with Gasteiger partial charge in [-0.05, 0) is 60.6 Å². The van der Waals surface area contributed by atoms with Gasteiger partial charge in [-0.15, -0.1) is 0 Å². The summed E-state index contributed by atoms with van der Waals surface area (Å²) in [5.41, 5.74) is -0.144. The molecule has 0 unspecified atom stereocenters. The van der Waals surface area contributed by atoms with Crippen LogP contribution in [0.25, 0.3) is 5.69 Å². The van der Waals surface area contributed by atoms with Crippen molar-refractivity contribution in [1.29, 1.82) is 0 Å². The highest BCUT2D eigenvalue weighted by atomic mass is 127. The van der Waals surface area contributed by atoms with E-state index in [1.165, 1.54) is 21.3 Å². The quantitative estimate of drug-likeness (QED) is 0.745. The van der Waals surface area contributed by atoms with Crippen LogP contribution in [-0.4, -0.2) is 9.13 Å². The van der Waals surface area contributed by atoms with Gasteiger partial charge in [-0.2, -0.15) is 0 Å². The highest BCUT2D eigenvalue weighted by Gasteiger charge is 2.28. The lowest BCUT2D eigenvalue weighted by Gasteiger charge is -2.13. The monoisotopic (exact) mass is 386 g/mol. The summed E-state index contributed by atoms with van der Waals surface area (Å²) in [7, 11) is 0. The average molecular weight is 386 g/mol. The molecular weight excluding hydrogens is 374 g/mol. The van der Waals surface area contributed by atoms with Gasteiger partial charge in [0.1, 0.15) is 5.82 Å². The number of rotatable bonds is 2. The van der Waals surface area contributed by atoms with Crippen molar-refractivity contribution in [3.8, 4) is 5.69 Å². The third kappa shape index (κ3) is 2.21. The van der Waals surface area contributed by atoms with E-state index in [-0.39, 0.29) is 17.3 Å². The molecule has 0 aliphatic heterocycles. The Balaban J connectivity index is 2.31. The van der Waals surface area contributed by atoms with E-state index < -0.39 is 11.5 Å². The number of benzene rings is 1. The Bertz CT molecular complexity index is 806. The fourth-order valence-electron chi connectivity index (χ4n) is 2.29. The Morgan fingerprint density at radius 2 is 1.95 bits per heavy atom. The Hall–Kier alpha value is -1.44. The standard InChI is InChI=1S/C14H12FIN2O2/c1-8-6-13(19)18(10-3-4-10)14(20)17(8)12-5-2-9(16)7-11(12)15/h2,5-7,10H,3-4H2,1H3. The van der Waals surface area contributed by atoms with Gasteiger partial charge >= 0.3 is 5.69 Å². The summed E-state index contributed by atoms with van der Waals surface area (Å²) in [6.07, 6.45) is 1.65. The van der Waals surface area contributed by atoms with Crippen LogP contribution in [0.2, 0.25) is 0 Å². The highest BCUT2D eigenvalue weighted by molar-refractivity contribution is 14.1. The molecule has 1 fully saturated rings. The molecule has 0 atom stereocenters. The minimum atomic E-state index is -0.469. The second kappa shape index (κ2) is 4.83. The van der Waals surface area contributed by atoms with Crippen molar-refractivity contribution in [3.05, 3.63) is 60.2 Å². The Morgan fingerprint density at radius 1 is 1.25 bits per heavy atom. The van der Waals surface area contributed by atoms with E-state index in [0.29, 0.717) is 5.69 Å². The molecule has 0 saturated heterocycles. The van der Waals surface area contributed by atoms with Crippen molar-refractivity contribution in [2.24, 2.45) is 0 Å². The molecule has 1 aliphatic carbocycles. The Labute approximate surface area is 128 Å². The van der Waals surface area contributed by atoms with Gasteiger partial charge in [-0.3, -0.25) is 13.9 Å². The molecule has 1 aliphatic rings. The van der Waals surface area contributed by atoms with Crippen molar-refractivity contribution < 1.29 is 4.39 Å². The third-order valence-corrected chi connectivity index (χ3v) is 4.05. The maximum Gasteiger partial charge on any atom is 0.336 e. The molecule has 0 spiro atoms. The number of nitrogens with zero attached hydrogens (tertiary/aromatic N) is 2. The summed E-state index contributed by atoms with van der Waals surface area (Å²) in [6, 6.07) is 6.02. The molecule has 6 heteroatoms. The lowest BCUT2D eigenvalue weighted by atomic mass is 10.3. The third-order valence-electron chi connectivity index (χ3n) is 3.38. The lowest BCUT2D eigenvalue weighted by Crippen LogP contribution is -2.39. The first kappa shape index (κ1) is 13.5. The van der Waals surface area contributed by atoms with Crippen molar-refractivity contribution in [3.63, 3.8) is 0 Å². The van der Waals surface area contributed by atoms with Crippen LogP contribution in [0.5, 0.6) is 0 Å². The van der Waals surface area contributed by atoms with Crippen molar-refractivity contribution in [2.75, 3.05) is 0 Å². The van der Waals surface area contributed by atoms with E-state index >= 15 is 0 Å². The molecule has 1 heterocycles. The summed E-state index contributed by atoms with van der Waals surface area (Å²) in [6.45, 7) is 1.64. The number of hydrogen-bond donors (Lipinski definition) is 0. The molecule has 0 N–H and O–H groups in total. The van der Waals surface area contributed by atoms with Gasteiger partial charge in [-0.25, -0.2) is 9.18 Å². The van der Waals surface area contributed by atoms with Crippen LogP contribution in [0.3, 0.4) is 0 Å². The second-order valence-corrected chi connectivity index (χ2v) is 6.18. The Morgan fingerprint density at radius 3 is 2.55 bits per heavy atom. The molecule has 0 bridgehead atoms. The molecule has 3 rings (SSSR count). The molecule has 1 aromatic heterocycles. The van der Waals surface area contributed by atoms with Gasteiger partial charge in [0.15, 0.2) is 0 Å². The molecule has 0 amide bonds. The second-order valence-electron chi connectivity index (χ2n) is 4.94. The number of hydrogen-bond acceptors (Lipinski definition) is 2. The van der Waals surface area contributed by atoms with Crippen LogP contribution in [0.4, 0.5) is 4.39 Å². The van der Waals surface area contributed by atoms with Gasteiger partial charge in [0, 0.05) is 21.4 Å². The molecular formula is C14H12FIN2O2. The molecule has 4 nitrogen and oxygen atoms in total. The molecule has 0 radical (unpaired) electrons. The highest BCUT2D eigenvalue weighted by Crippen LogP contribution is 2.32. The Kier molecular flexibility index (Phi) is 3.27. The van der Waals surface area contributed by atoms with E-state index in [4.69, 9.17) is 0 Å². The molecule has 104 valence electrons. The van der Waals surface area contributed by atoms with E-state index in [1.807, 2.05) is 22.6 Å². The van der Waals surface area contributed by atoms with E-state index in [9.17, 15) is 14.0 Å². The van der Waals surface area contributed by atoms with Gasteiger partial charge in [0.2, 0.25) is 0 Å². The van der Waals surface area contributed by atoms with Gasteiger partial charge < -0.3 is 0 Å². The van der Waals surface area contributed by atoms with Crippen LogP contribution in [0.15, 0.2) is 33.9 Å². The van der Waals surface area contributed by atoms with E-state index in [2.05, 4.69) is 0 Å². The average Bonchev–Trinajstić information content (AvgIpc) is 3.15. The summed E-state index contributed by atoms with van der Waals surface area (Å²) in [5, 5.41) is 0. The predicted molar refractivity (Wildman–Crippen MR) is 82.0 cm³/mol. The normalized spacial score (nSPS) is 14.6. The van der Waals surface area contributed by atoms with Crippen LogP contribution >= 0.6 is 22.6 Å². The molecule has 1 aromatic carbocycles. The summed E-state index contributed by atoms with van der Waals surface area (Å²) >= 11 is 2.01. The van der Waals surface area contributed by atoms with E-state index in [1.54, 1.807) is 19.1 Å². The largest absolute Gasteiger partial charge is 0.336 e. The fourth-order valence-corrected chi connectivity index (χ4v) is 2.74. The maximum atomic E-state index is 14.1. The van der Waals surface area contributed by atoms with E-state index in [0.717, 1.165) is 16.4 Å². The first-order chi connectivity index (χ1) is 9.49. The first-order valence-electron chi connectivity index (χ1n) is 6.29. The van der Waals surface area contributed by atoms with Crippen molar-refractivity contribution in [1.82, 2.24) is 9.13 Å². The lowest BCUT2D eigenvalue weighted by molar-refractivity contribution is 0.587. The van der Waals surface area contributed by atoms with Gasteiger partial charge in [0.05, 0.1) is 5.69 Å². The zero-order chi connectivity index (χ0) is 14.4. The topological polar surface area (TPSA) is 44.0 Å². The van der Waals surface area contributed by atoms with Crippen molar-refractivity contribution >= 4 is 22.6 Å². The SMILES string of the molecule is Cc1cc(=O)n(C2CC2)c(=O)n1-c1ccc(I)cc1F. The molecule has 2 aromatic rings. The summed E-state index contributed by atoms with van der Waals surface area (Å²) < 4.78 is 17.3. The van der Waals surface area contributed by atoms with Crippen LogP contribution in [0, 0.1) is 16.3 Å². The van der Waals surface area contributed by atoms with Crippen LogP contribution in [0.1, 0.15) is 24.6 Å². The zero-order valence-corrected chi connectivity index (χ0v) is 12.9. The first-order valence-corrected chi connectivity index (χ1v) is 7.37. The summed E-state index contributed by atoms with van der Waals surface area (Å²) in [4.78, 5) is 24.4. The van der Waals surface area contributed by atoms with Gasteiger partial charge in [-0.1, -0.05) is 0 Å². The van der Waals surface area contributed by atoms with Crippen LogP contribution < -0.4 is 11.2 Å². The smallest absolute Gasteiger partial charge is 0.269 e. The molecule has 1 saturated carbocycles. The van der Waals surface area contributed by atoms with Crippen LogP contribution in [-0.2, 0) is 0 Å². The zero-order valence-electron chi connectivity index (χ0n) is 10.8.